The number of aromatic hydroxyl groups is 2. The van der Waals surface area contributed by atoms with Gasteiger partial charge >= 0.3 is 0 Å². The van der Waals surface area contributed by atoms with Crippen molar-refractivity contribution in [1.29, 1.82) is 0 Å². The van der Waals surface area contributed by atoms with E-state index >= 15 is 0 Å². The van der Waals surface area contributed by atoms with Crippen molar-refractivity contribution in [2.75, 3.05) is 7.05 Å². The molecule has 4 heteroatoms. The van der Waals surface area contributed by atoms with Crippen LogP contribution >= 0.6 is 12.4 Å². The molecule has 1 saturated heterocycles. The van der Waals surface area contributed by atoms with E-state index in [0.717, 1.165) is 12.8 Å². The number of halogens is 1. The Kier molecular flexibility index (Phi) is 7.80. The van der Waals surface area contributed by atoms with Crippen LogP contribution in [0.25, 0.3) is 0 Å². The Morgan fingerprint density at radius 3 is 1.54 bits per heavy atom. The lowest BCUT2D eigenvalue weighted by atomic mass is 9.89. The molecule has 0 aromatic heterocycles. The van der Waals surface area contributed by atoms with Crippen LogP contribution in [0.1, 0.15) is 43.2 Å². The second kappa shape index (κ2) is 9.84. The number of piperidine rings is 1. The van der Waals surface area contributed by atoms with Crippen LogP contribution in [0.4, 0.5) is 0 Å². The third-order valence-electron chi connectivity index (χ3n) is 5.63. The van der Waals surface area contributed by atoms with Crippen molar-refractivity contribution in [1.82, 2.24) is 4.90 Å². The van der Waals surface area contributed by atoms with Crippen LogP contribution in [0.3, 0.4) is 0 Å². The van der Waals surface area contributed by atoms with E-state index in [0.29, 0.717) is 23.6 Å². The third-order valence-corrected chi connectivity index (χ3v) is 5.63. The number of hydrogen-bond acceptors (Lipinski definition) is 3. The molecule has 1 aliphatic rings. The van der Waals surface area contributed by atoms with Gasteiger partial charge < -0.3 is 15.1 Å². The molecule has 1 aliphatic heterocycles. The summed E-state index contributed by atoms with van der Waals surface area (Å²) in [7, 11) is 2.28. The molecule has 142 valence electrons. The molecular weight excluding hydrogens is 346 g/mol. The van der Waals surface area contributed by atoms with E-state index in [9.17, 15) is 10.2 Å². The molecule has 0 radical (unpaired) electrons. The first kappa shape index (κ1) is 20.6. The van der Waals surface area contributed by atoms with Crippen LogP contribution in [0, 0.1) is 0 Å². The van der Waals surface area contributed by atoms with Gasteiger partial charge in [-0.05, 0) is 81.0 Å². The highest BCUT2D eigenvalue weighted by atomic mass is 35.5. The van der Waals surface area contributed by atoms with Gasteiger partial charge in [0.05, 0.1) is 0 Å². The molecule has 2 atom stereocenters. The summed E-state index contributed by atoms with van der Waals surface area (Å²) in [6.07, 6.45) is 8.37. The van der Waals surface area contributed by atoms with Gasteiger partial charge in [-0.1, -0.05) is 30.7 Å². The fourth-order valence-corrected chi connectivity index (χ4v) is 3.98. The van der Waals surface area contributed by atoms with Crippen molar-refractivity contribution in [2.24, 2.45) is 0 Å². The summed E-state index contributed by atoms with van der Waals surface area (Å²) in [5.74, 6) is 0.681. The molecule has 2 N–H and O–H groups in total. The number of hydrogen-bond donors (Lipinski definition) is 2. The van der Waals surface area contributed by atoms with Gasteiger partial charge in [-0.25, -0.2) is 0 Å². The Bertz CT molecular complexity index is 599. The SMILES string of the molecule is CN1C(CCc2ccc(O)cc2)CCCC1CCc1ccc(O)cc1.Cl. The van der Waals surface area contributed by atoms with Crippen molar-refractivity contribution >= 4 is 12.4 Å². The molecule has 0 amide bonds. The molecule has 1 heterocycles. The highest BCUT2D eigenvalue weighted by molar-refractivity contribution is 5.85. The van der Waals surface area contributed by atoms with E-state index in [1.54, 1.807) is 24.3 Å². The third kappa shape index (κ3) is 5.65. The minimum absolute atomic E-state index is 0. The zero-order chi connectivity index (χ0) is 17.6. The van der Waals surface area contributed by atoms with Gasteiger partial charge in [0.1, 0.15) is 11.5 Å². The van der Waals surface area contributed by atoms with E-state index < -0.39 is 0 Å². The minimum Gasteiger partial charge on any atom is -0.508 e. The Hall–Kier alpha value is -1.71. The average molecular weight is 376 g/mol. The van der Waals surface area contributed by atoms with Gasteiger partial charge in [0, 0.05) is 12.1 Å². The molecule has 2 aromatic rings. The van der Waals surface area contributed by atoms with Crippen molar-refractivity contribution in [3.8, 4) is 11.5 Å². The topological polar surface area (TPSA) is 43.7 Å². The van der Waals surface area contributed by atoms with E-state index in [4.69, 9.17) is 0 Å². The summed E-state index contributed by atoms with van der Waals surface area (Å²) in [4.78, 5) is 2.59. The molecule has 3 rings (SSSR count). The number of phenolic OH excluding ortho intramolecular Hbond substituents is 2. The molecule has 0 saturated carbocycles. The van der Waals surface area contributed by atoms with E-state index in [1.165, 1.54) is 43.2 Å². The summed E-state index contributed by atoms with van der Waals surface area (Å²) in [6, 6.07) is 16.5. The highest BCUT2D eigenvalue weighted by Gasteiger charge is 2.26. The van der Waals surface area contributed by atoms with Crippen LogP contribution < -0.4 is 0 Å². The smallest absolute Gasteiger partial charge is 0.115 e. The van der Waals surface area contributed by atoms with Crippen molar-refractivity contribution in [2.45, 2.75) is 57.0 Å². The first-order valence-electron chi connectivity index (χ1n) is 9.39. The lowest BCUT2D eigenvalue weighted by Crippen LogP contribution is -2.44. The maximum absolute atomic E-state index is 9.40. The first-order chi connectivity index (χ1) is 12.1. The number of benzene rings is 2. The maximum atomic E-state index is 9.40. The number of phenols is 2. The number of aryl methyl sites for hydroxylation is 2. The maximum Gasteiger partial charge on any atom is 0.115 e. The van der Waals surface area contributed by atoms with E-state index in [1.807, 2.05) is 24.3 Å². The average Bonchev–Trinajstić information content (AvgIpc) is 2.62. The second-order valence-corrected chi connectivity index (χ2v) is 7.31. The molecular formula is C22H30ClNO2. The van der Waals surface area contributed by atoms with Crippen LogP contribution in [0.2, 0.25) is 0 Å². The fraction of sp³-hybridized carbons (Fsp3) is 0.455. The standard InChI is InChI=1S/C22H29NO2.ClH/c1-23-19(11-5-17-7-13-21(24)14-8-17)3-2-4-20(23)12-6-18-9-15-22(25)16-10-18;/h7-10,13-16,19-20,24-25H,2-6,11-12H2,1H3;1H. The van der Waals surface area contributed by atoms with Crippen LogP contribution in [-0.4, -0.2) is 34.2 Å². The molecule has 0 bridgehead atoms. The Labute approximate surface area is 163 Å². The predicted molar refractivity (Wildman–Crippen MR) is 109 cm³/mol. The number of likely N-dealkylation sites (tertiary alicyclic amines) is 1. The zero-order valence-corrected chi connectivity index (χ0v) is 16.3. The molecule has 26 heavy (non-hydrogen) atoms. The van der Waals surface area contributed by atoms with Crippen LogP contribution in [0.5, 0.6) is 11.5 Å². The quantitative estimate of drug-likeness (QED) is 0.751. The minimum atomic E-state index is 0. The van der Waals surface area contributed by atoms with Gasteiger partial charge in [-0.15, -0.1) is 12.4 Å². The number of nitrogens with zero attached hydrogens (tertiary/aromatic N) is 1. The lowest BCUT2D eigenvalue weighted by molar-refractivity contribution is 0.103. The van der Waals surface area contributed by atoms with Crippen molar-refractivity contribution in [3.05, 3.63) is 59.7 Å². The van der Waals surface area contributed by atoms with Crippen LogP contribution in [-0.2, 0) is 12.8 Å². The van der Waals surface area contributed by atoms with Crippen molar-refractivity contribution < 1.29 is 10.2 Å². The molecule has 3 nitrogen and oxygen atoms in total. The lowest BCUT2D eigenvalue weighted by Gasteiger charge is -2.40. The summed E-state index contributed by atoms with van der Waals surface area (Å²) in [5, 5.41) is 18.8. The van der Waals surface area contributed by atoms with Gasteiger partial charge in [0.15, 0.2) is 0 Å². The monoisotopic (exact) mass is 375 g/mol. The first-order valence-corrected chi connectivity index (χ1v) is 9.39. The molecule has 0 spiro atoms. The Morgan fingerprint density at radius 2 is 1.15 bits per heavy atom. The van der Waals surface area contributed by atoms with Gasteiger partial charge in [-0.2, -0.15) is 0 Å². The predicted octanol–water partition coefficient (Wildman–Crippen LogP) is 4.94. The fourth-order valence-electron chi connectivity index (χ4n) is 3.98. The molecule has 2 unspecified atom stereocenters. The second-order valence-electron chi connectivity index (χ2n) is 7.31. The highest BCUT2D eigenvalue weighted by Crippen LogP contribution is 2.27. The Morgan fingerprint density at radius 1 is 0.769 bits per heavy atom. The van der Waals surface area contributed by atoms with Gasteiger partial charge in [-0.3, -0.25) is 0 Å². The molecule has 0 aliphatic carbocycles. The van der Waals surface area contributed by atoms with E-state index in [-0.39, 0.29) is 12.4 Å². The number of rotatable bonds is 6. The zero-order valence-electron chi connectivity index (χ0n) is 15.5. The summed E-state index contributed by atoms with van der Waals surface area (Å²) >= 11 is 0. The summed E-state index contributed by atoms with van der Waals surface area (Å²) < 4.78 is 0. The van der Waals surface area contributed by atoms with E-state index in [2.05, 4.69) is 11.9 Å². The summed E-state index contributed by atoms with van der Waals surface area (Å²) in [5.41, 5.74) is 2.61. The largest absolute Gasteiger partial charge is 0.508 e. The van der Waals surface area contributed by atoms with Crippen LogP contribution in [0.15, 0.2) is 48.5 Å². The summed E-state index contributed by atoms with van der Waals surface area (Å²) in [6.45, 7) is 0. The Balaban J connectivity index is 0.00000243. The molecule has 1 fully saturated rings. The van der Waals surface area contributed by atoms with Gasteiger partial charge in [0.25, 0.3) is 0 Å². The van der Waals surface area contributed by atoms with Gasteiger partial charge in [0.2, 0.25) is 0 Å². The molecule has 2 aromatic carbocycles. The normalized spacial score (nSPS) is 20.5. The van der Waals surface area contributed by atoms with Crippen molar-refractivity contribution in [3.63, 3.8) is 0 Å².